The molecule has 8 heteroatoms. The Hall–Kier alpha value is -2.93. The van der Waals surface area contributed by atoms with Gasteiger partial charge in [-0.25, -0.2) is 4.98 Å². The van der Waals surface area contributed by atoms with Gasteiger partial charge in [-0.05, 0) is 44.0 Å². The minimum Gasteiger partial charge on any atom is -0.493 e. The fraction of sp³-hybridized carbons (Fsp3) is 0.300. The van der Waals surface area contributed by atoms with Crippen LogP contribution in [0.1, 0.15) is 17.7 Å². The number of rotatable bonds is 7. The number of carbonyl (C=O) groups is 1. The minimum absolute atomic E-state index is 0.0856. The van der Waals surface area contributed by atoms with Crippen molar-refractivity contribution in [1.29, 1.82) is 0 Å². The molecule has 0 atom stereocenters. The van der Waals surface area contributed by atoms with Crippen LogP contribution in [-0.2, 0) is 11.3 Å². The molecule has 3 aromatic rings. The first kappa shape index (κ1) is 19.8. The molecule has 0 radical (unpaired) electrons. The number of hydrogen-bond donors (Lipinski definition) is 1. The lowest BCUT2D eigenvalue weighted by atomic mass is 10.1. The van der Waals surface area contributed by atoms with Crippen molar-refractivity contribution >= 4 is 28.4 Å². The highest BCUT2D eigenvalue weighted by molar-refractivity contribution is 6.30. The lowest BCUT2D eigenvalue weighted by molar-refractivity contribution is -0.121. The quantitative estimate of drug-likeness (QED) is 0.616. The van der Waals surface area contributed by atoms with Gasteiger partial charge in [-0.3, -0.25) is 19.1 Å². The van der Waals surface area contributed by atoms with E-state index in [4.69, 9.17) is 16.3 Å². The van der Waals surface area contributed by atoms with E-state index in [0.717, 1.165) is 5.56 Å². The van der Waals surface area contributed by atoms with Crippen LogP contribution in [0.4, 0.5) is 0 Å². The van der Waals surface area contributed by atoms with Crippen molar-refractivity contribution in [3.05, 3.63) is 63.4 Å². The Balaban J connectivity index is 1.53. The maximum absolute atomic E-state index is 12.7. The summed E-state index contributed by atoms with van der Waals surface area (Å²) in [5.74, 6) is 0.433. The number of aryl methyl sites for hydroxylation is 2. The second-order valence-electron chi connectivity index (χ2n) is 6.44. The van der Waals surface area contributed by atoms with Gasteiger partial charge in [0.05, 0.1) is 29.5 Å². The molecule has 0 bridgehead atoms. The largest absolute Gasteiger partial charge is 0.493 e. The number of fused-ring (bicyclic) bond motifs is 1. The molecule has 0 saturated heterocycles. The smallest absolute Gasteiger partial charge is 0.262 e. The first-order chi connectivity index (χ1) is 13.5. The zero-order chi connectivity index (χ0) is 20.1. The molecule has 0 spiro atoms. The molecular formula is C20H21ClN4O3. The van der Waals surface area contributed by atoms with E-state index >= 15 is 0 Å². The summed E-state index contributed by atoms with van der Waals surface area (Å²) in [6.07, 6.45) is 3.67. The van der Waals surface area contributed by atoms with E-state index in [0.29, 0.717) is 46.9 Å². The van der Waals surface area contributed by atoms with Crippen LogP contribution in [0.5, 0.6) is 5.75 Å². The number of hydrogen-bond acceptors (Lipinski definition) is 5. The van der Waals surface area contributed by atoms with Gasteiger partial charge in [0, 0.05) is 17.8 Å². The van der Waals surface area contributed by atoms with E-state index < -0.39 is 0 Å². The van der Waals surface area contributed by atoms with E-state index in [-0.39, 0.29) is 18.0 Å². The molecule has 0 aliphatic rings. The molecule has 2 aromatic heterocycles. The number of carbonyl (C=O) groups excluding carboxylic acids is 1. The van der Waals surface area contributed by atoms with Crippen LogP contribution in [0.2, 0.25) is 5.02 Å². The Bertz CT molecular complexity index is 1060. The number of halogens is 1. The molecular weight excluding hydrogens is 380 g/mol. The van der Waals surface area contributed by atoms with Crippen LogP contribution < -0.4 is 15.6 Å². The molecule has 28 heavy (non-hydrogen) atoms. The maximum atomic E-state index is 12.7. The molecule has 0 aliphatic heterocycles. The predicted molar refractivity (Wildman–Crippen MR) is 108 cm³/mol. The van der Waals surface area contributed by atoms with Crippen molar-refractivity contribution < 1.29 is 9.53 Å². The number of aromatic nitrogens is 3. The van der Waals surface area contributed by atoms with E-state index in [2.05, 4.69) is 15.3 Å². The number of nitrogens with one attached hydrogen (secondary N) is 1. The number of amides is 1. The normalized spacial score (nSPS) is 10.8. The highest BCUT2D eigenvalue weighted by Crippen LogP contribution is 2.17. The summed E-state index contributed by atoms with van der Waals surface area (Å²) in [4.78, 5) is 33.4. The van der Waals surface area contributed by atoms with Gasteiger partial charge in [-0.15, -0.1) is 0 Å². The van der Waals surface area contributed by atoms with Gasteiger partial charge in [0.15, 0.2) is 0 Å². The first-order valence-corrected chi connectivity index (χ1v) is 9.30. The van der Waals surface area contributed by atoms with Gasteiger partial charge in [-0.1, -0.05) is 17.7 Å². The van der Waals surface area contributed by atoms with Crippen molar-refractivity contribution in [2.75, 3.05) is 13.2 Å². The summed E-state index contributed by atoms with van der Waals surface area (Å²) >= 11 is 5.90. The zero-order valence-corrected chi connectivity index (χ0v) is 16.5. The lowest BCUT2D eigenvalue weighted by Crippen LogP contribution is -2.33. The first-order valence-electron chi connectivity index (χ1n) is 8.92. The van der Waals surface area contributed by atoms with Gasteiger partial charge in [0.25, 0.3) is 5.56 Å². The minimum atomic E-state index is -0.255. The molecule has 1 amide bonds. The Morgan fingerprint density at radius 2 is 2.11 bits per heavy atom. The third-order valence-corrected chi connectivity index (χ3v) is 4.48. The zero-order valence-electron chi connectivity index (χ0n) is 15.7. The van der Waals surface area contributed by atoms with Gasteiger partial charge >= 0.3 is 0 Å². The van der Waals surface area contributed by atoms with Crippen molar-refractivity contribution in [3.63, 3.8) is 0 Å². The Labute approximate surface area is 167 Å². The van der Waals surface area contributed by atoms with Crippen molar-refractivity contribution in [3.8, 4) is 5.75 Å². The van der Waals surface area contributed by atoms with Crippen LogP contribution in [0.25, 0.3) is 10.9 Å². The molecule has 3 rings (SSSR count). The van der Waals surface area contributed by atoms with Gasteiger partial charge in [0.2, 0.25) is 5.91 Å². The highest BCUT2D eigenvalue weighted by atomic mass is 35.5. The topological polar surface area (TPSA) is 86.1 Å². The summed E-state index contributed by atoms with van der Waals surface area (Å²) in [6.45, 7) is 4.41. The Morgan fingerprint density at radius 3 is 2.89 bits per heavy atom. The summed E-state index contributed by atoms with van der Waals surface area (Å²) in [5.41, 5.74) is 1.76. The van der Waals surface area contributed by atoms with Crippen molar-refractivity contribution in [2.24, 2.45) is 0 Å². The van der Waals surface area contributed by atoms with Crippen LogP contribution >= 0.6 is 11.6 Å². The third kappa shape index (κ3) is 4.67. The molecule has 0 aliphatic carbocycles. The Morgan fingerprint density at radius 1 is 1.29 bits per heavy atom. The summed E-state index contributed by atoms with van der Waals surface area (Å²) in [7, 11) is 0. The van der Waals surface area contributed by atoms with E-state index in [1.807, 2.05) is 19.1 Å². The maximum Gasteiger partial charge on any atom is 0.262 e. The highest BCUT2D eigenvalue weighted by Gasteiger charge is 2.12. The van der Waals surface area contributed by atoms with E-state index in [1.165, 1.54) is 10.9 Å². The fourth-order valence-electron chi connectivity index (χ4n) is 2.81. The predicted octanol–water partition coefficient (Wildman–Crippen LogP) is 2.65. The van der Waals surface area contributed by atoms with Crippen LogP contribution in [0.3, 0.4) is 0 Å². The number of nitrogens with zero attached hydrogens (tertiary/aromatic N) is 3. The summed E-state index contributed by atoms with van der Waals surface area (Å²) in [6, 6.07) is 7.15. The molecule has 0 unspecified atom stereocenters. The van der Waals surface area contributed by atoms with Crippen molar-refractivity contribution in [1.82, 2.24) is 19.9 Å². The molecule has 0 saturated carbocycles. The van der Waals surface area contributed by atoms with Gasteiger partial charge in [0.1, 0.15) is 12.3 Å². The van der Waals surface area contributed by atoms with E-state index in [9.17, 15) is 9.59 Å². The average Bonchev–Trinajstić information content (AvgIpc) is 2.66. The lowest BCUT2D eigenvalue weighted by Gasteiger charge is -2.10. The SMILES string of the molecule is Cc1ncc(C)c2c(=O)n(CC(=O)NCCCOc3cccc(Cl)c3)cnc12. The summed E-state index contributed by atoms with van der Waals surface area (Å²) in [5, 5.41) is 3.90. The van der Waals surface area contributed by atoms with Crippen LogP contribution in [0, 0.1) is 13.8 Å². The summed E-state index contributed by atoms with van der Waals surface area (Å²) < 4.78 is 6.88. The van der Waals surface area contributed by atoms with Crippen LogP contribution in [0.15, 0.2) is 41.6 Å². The second kappa shape index (κ2) is 8.84. The Kier molecular flexibility index (Phi) is 6.26. The average molecular weight is 401 g/mol. The molecule has 7 nitrogen and oxygen atoms in total. The number of ether oxygens (including phenoxy) is 1. The molecule has 2 heterocycles. The van der Waals surface area contributed by atoms with E-state index in [1.54, 1.807) is 25.3 Å². The van der Waals surface area contributed by atoms with Gasteiger partial charge < -0.3 is 10.1 Å². The van der Waals surface area contributed by atoms with Gasteiger partial charge in [-0.2, -0.15) is 0 Å². The molecule has 1 N–H and O–H groups in total. The fourth-order valence-corrected chi connectivity index (χ4v) is 2.99. The standard InChI is InChI=1S/C20H21ClN4O3/c1-13-10-23-14(2)19-18(13)20(27)25(12-24-19)11-17(26)22-7-4-8-28-16-6-3-5-15(21)9-16/h3,5-6,9-10,12H,4,7-8,11H2,1-2H3,(H,22,26). The van der Waals surface area contributed by atoms with Crippen LogP contribution in [-0.4, -0.2) is 33.6 Å². The number of pyridine rings is 1. The molecule has 0 fully saturated rings. The van der Waals surface area contributed by atoms with Crippen molar-refractivity contribution in [2.45, 2.75) is 26.8 Å². The second-order valence-corrected chi connectivity index (χ2v) is 6.87. The monoisotopic (exact) mass is 400 g/mol. The molecule has 1 aromatic carbocycles. The number of benzene rings is 1. The third-order valence-electron chi connectivity index (χ3n) is 4.25. The molecule has 146 valence electrons.